The summed E-state index contributed by atoms with van der Waals surface area (Å²) in [6, 6.07) is 0.846. The SMILES string of the molecule is Nc1cc(C(F)F)nc(Br)c1C(=O)O. The Bertz CT molecular complexity index is 361. The lowest BCUT2D eigenvalue weighted by Crippen LogP contribution is -2.07. The van der Waals surface area contributed by atoms with Crippen LogP contribution in [0.4, 0.5) is 14.5 Å². The molecular formula is C7H5BrF2N2O2. The highest BCUT2D eigenvalue weighted by molar-refractivity contribution is 9.10. The number of aromatic carboxylic acids is 1. The molecule has 14 heavy (non-hydrogen) atoms. The van der Waals surface area contributed by atoms with Crippen molar-refractivity contribution in [3.8, 4) is 0 Å². The van der Waals surface area contributed by atoms with Gasteiger partial charge in [-0.05, 0) is 22.0 Å². The Kier molecular flexibility index (Phi) is 3.00. The van der Waals surface area contributed by atoms with Crippen molar-refractivity contribution >= 4 is 27.6 Å². The molecular weight excluding hydrogens is 262 g/mol. The molecule has 3 N–H and O–H groups in total. The van der Waals surface area contributed by atoms with E-state index in [2.05, 4.69) is 20.9 Å². The smallest absolute Gasteiger partial charge is 0.340 e. The van der Waals surface area contributed by atoms with Crippen LogP contribution in [0.25, 0.3) is 0 Å². The summed E-state index contributed by atoms with van der Waals surface area (Å²) in [4.78, 5) is 13.9. The first-order chi connectivity index (χ1) is 6.43. The van der Waals surface area contributed by atoms with Crippen molar-refractivity contribution in [3.05, 3.63) is 21.9 Å². The number of alkyl halides is 2. The molecule has 76 valence electrons. The highest BCUT2D eigenvalue weighted by Crippen LogP contribution is 2.26. The molecule has 0 aliphatic rings. The van der Waals surface area contributed by atoms with Gasteiger partial charge in [0.2, 0.25) is 0 Å². The Balaban J connectivity index is 3.32. The molecule has 0 atom stereocenters. The van der Waals surface area contributed by atoms with Crippen molar-refractivity contribution in [1.29, 1.82) is 0 Å². The van der Waals surface area contributed by atoms with Gasteiger partial charge >= 0.3 is 5.97 Å². The molecule has 4 nitrogen and oxygen atoms in total. The number of nitrogen functional groups attached to an aromatic ring is 1. The van der Waals surface area contributed by atoms with Crippen LogP contribution in [0.5, 0.6) is 0 Å². The van der Waals surface area contributed by atoms with Crippen LogP contribution in [0.2, 0.25) is 0 Å². The molecule has 7 heteroatoms. The van der Waals surface area contributed by atoms with E-state index in [4.69, 9.17) is 10.8 Å². The van der Waals surface area contributed by atoms with Gasteiger partial charge in [-0.3, -0.25) is 0 Å². The van der Waals surface area contributed by atoms with Crippen LogP contribution >= 0.6 is 15.9 Å². The monoisotopic (exact) mass is 266 g/mol. The number of carbonyl (C=O) groups is 1. The number of hydrogen-bond acceptors (Lipinski definition) is 3. The van der Waals surface area contributed by atoms with Gasteiger partial charge < -0.3 is 10.8 Å². The predicted molar refractivity (Wildman–Crippen MR) is 48.3 cm³/mol. The summed E-state index contributed by atoms with van der Waals surface area (Å²) in [5, 5.41) is 8.64. The number of carboxylic acid groups (broad SMARTS) is 1. The minimum Gasteiger partial charge on any atom is -0.478 e. The van der Waals surface area contributed by atoms with Gasteiger partial charge in [-0.2, -0.15) is 0 Å². The molecule has 0 aliphatic carbocycles. The zero-order valence-corrected chi connectivity index (χ0v) is 8.25. The minimum atomic E-state index is -2.78. The fraction of sp³-hybridized carbons (Fsp3) is 0.143. The molecule has 0 bridgehead atoms. The largest absolute Gasteiger partial charge is 0.478 e. The molecule has 0 saturated carbocycles. The van der Waals surface area contributed by atoms with Gasteiger partial charge in [-0.15, -0.1) is 0 Å². The normalized spacial score (nSPS) is 10.6. The molecule has 1 aromatic rings. The maximum Gasteiger partial charge on any atom is 0.340 e. The highest BCUT2D eigenvalue weighted by Gasteiger charge is 2.18. The summed E-state index contributed by atoms with van der Waals surface area (Å²) >= 11 is 2.76. The molecule has 1 rings (SSSR count). The average Bonchev–Trinajstić information content (AvgIpc) is 2.01. The summed E-state index contributed by atoms with van der Waals surface area (Å²) in [7, 11) is 0. The molecule has 0 fully saturated rings. The molecule has 0 unspecified atom stereocenters. The van der Waals surface area contributed by atoms with E-state index in [1.807, 2.05) is 0 Å². The van der Waals surface area contributed by atoms with Crippen LogP contribution in [-0.2, 0) is 0 Å². The van der Waals surface area contributed by atoms with Gasteiger partial charge in [0, 0.05) is 0 Å². The number of halogens is 3. The van der Waals surface area contributed by atoms with Crippen molar-refractivity contribution in [2.75, 3.05) is 5.73 Å². The van der Waals surface area contributed by atoms with Crippen molar-refractivity contribution < 1.29 is 18.7 Å². The summed E-state index contributed by atoms with van der Waals surface area (Å²) in [5.74, 6) is -1.32. The van der Waals surface area contributed by atoms with Crippen molar-refractivity contribution in [2.45, 2.75) is 6.43 Å². The Morgan fingerprint density at radius 3 is 2.57 bits per heavy atom. The molecule has 1 heterocycles. The van der Waals surface area contributed by atoms with Crippen molar-refractivity contribution in [2.24, 2.45) is 0 Å². The average molecular weight is 267 g/mol. The summed E-state index contributed by atoms with van der Waals surface area (Å²) in [5.41, 5.74) is 4.17. The van der Waals surface area contributed by atoms with E-state index in [9.17, 15) is 13.6 Å². The summed E-state index contributed by atoms with van der Waals surface area (Å²) in [6.07, 6.45) is -2.78. The second-order valence-electron chi connectivity index (χ2n) is 2.41. The van der Waals surface area contributed by atoms with Gasteiger partial charge in [0.15, 0.2) is 0 Å². The van der Waals surface area contributed by atoms with E-state index >= 15 is 0 Å². The van der Waals surface area contributed by atoms with E-state index in [1.54, 1.807) is 0 Å². The molecule has 0 spiro atoms. The van der Waals surface area contributed by atoms with Gasteiger partial charge in [0.1, 0.15) is 15.9 Å². The van der Waals surface area contributed by atoms with Crippen LogP contribution in [-0.4, -0.2) is 16.1 Å². The minimum absolute atomic E-state index is 0.194. The third-order valence-electron chi connectivity index (χ3n) is 1.46. The van der Waals surface area contributed by atoms with Crippen molar-refractivity contribution in [3.63, 3.8) is 0 Å². The number of pyridine rings is 1. The Morgan fingerprint density at radius 1 is 1.64 bits per heavy atom. The first kappa shape index (κ1) is 10.8. The first-order valence-corrected chi connectivity index (χ1v) is 4.20. The second-order valence-corrected chi connectivity index (χ2v) is 3.16. The van der Waals surface area contributed by atoms with Crippen LogP contribution in [0.3, 0.4) is 0 Å². The lowest BCUT2D eigenvalue weighted by atomic mass is 10.2. The van der Waals surface area contributed by atoms with E-state index in [-0.39, 0.29) is 15.9 Å². The topological polar surface area (TPSA) is 76.2 Å². The molecule has 0 saturated heterocycles. The Morgan fingerprint density at radius 2 is 2.21 bits per heavy atom. The molecule has 0 aromatic carbocycles. The maximum absolute atomic E-state index is 12.2. The fourth-order valence-corrected chi connectivity index (χ4v) is 1.48. The molecule has 0 amide bonds. The van der Waals surface area contributed by atoms with E-state index < -0.39 is 18.1 Å². The van der Waals surface area contributed by atoms with E-state index in [1.165, 1.54) is 0 Å². The molecule has 0 aliphatic heterocycles. The van der Waals surface area contributed by atoms with Crippen molar-refractivity contribution in [1.82, 2.24) is 4.98 Å². The first-order valence-electron chi connectivity index (χ1n) is 3.41. The summed E-state index contributed by atoms with van der Waals surface area (Å²) in [6.45, 7) is 0. The van der Waals surface area contributed by atoms with Crippen LogP contribution < -0.4 is 5.73 Å². The second kappa shape index (κ2) is 3.87. The quantitative estimate of drug-likeness (QED) is 0.804. The van der Waals surface area contributed by atoms with Gasteiger partial charge in [0.05, 0.1) is 5.69 Å². The standard InChI is InChI=1S/C7H5BrF2N2O2/c8-5-4(7(13)14)2(11)1-3(12-5)6(9)10/h1,6H,(H2,11,12)(H,13,14). The number of hydrogen-bond donors (Lipinski definition) is 2. The van der Waals surface area contributed by atoms with Crippen LogP contribution in [0.15, 0.2) is 10.7 Å². The van der Waals surface area contributed by atoms with E-state index in [0.717, 1.165) is 6.07 Å². The lowest BCUT2D eigenvalue weighted by Gasteiger charge is -2.05. The third kappa shape index (κ3) is 1.98. The van der Waals surface area contributed by atoms with E-state index in [0.29, 0.717) is 0 Å². The lowest BCUT2D eigenvalue weighted by molar-refractivity contribution is 0.0695. The number of carboxylic acids is 1. The number of rotatable bonds is 2. The zero-order chi connectivity index (χ0) is 10.9. The maximum atomic E-state index is 12.2. The third-order valence-corrected chi connectivity index (χ3v) is 2.04. The number of aromatic nitrogens is 1. The number of nitrogens with zero attached hydrogens (tertiary/aromatic N) is 1. The van der Waals surface area contributed by atoms with Crippen LogP contribution in [0.1, 0.15) is 22.5 Å². The Labute approximate surface area is 85.9 Å². The fourth-order valence-electron chi connectivity index (χ4n) is 0.876. The van der Waals surface area contributed by atoms with Gasteiger partial charge in [-0.1, -0.05) is 0 Å². The van der Waals surface area contributed by atoms with Crippen LogP contribution in [0, 0.1) is 0 Å². The number of nitrogens with two attached hydrogens (primary N) is 1. The van der Waals surface area contributed by atoms with Gasteiger partial charge in [-0.25, -0.2) is 18.6 Å². The Hall–Kier alpha value is -1.24. The highest BCUT2D eigenvalue weighted by atomic mass is 79.9. The molecule has 1 aromatic heterocycles. The number of anilines is 1. The summed E-state index contributed by atoms with van der Waals surface area (Å²) < 4.78 is 24.2. The zero-order valence-electron chi connectivity index (χ0n) is 6.67. The molecule has 0 radical (unpaired) electrons. The predicted octanol–water partition coefficient (Wildman–Crippen LogP) is 2.06. The van der Waals surface area contributed by atoms with Gasteiger partial charge in [0.25, 0.3) is 6.43 Å².